The standard InChI is InChI=1S/C21H22ClN5O2/c22-12-8-9-17-18(10-12)27-19(26-17)15-6-1-2-7-16(15)20(28)24-13-4-3-5-14(11-13)25-21(23)29/h3-5,8-11,15-16H,1-2,6-7H2,(H,24,28)(H,26,27)(H3,23,25,29)/t15-,16-/m0/s1. The number of hydrogen-bond acceptors (Lipinski definition) is 3. The van der Waals surface area contributed by atoms with Gasteiger partial charge in [0.15, 0.2) is 0 Å². The van der Waals surface area contributed by atoms with Crippen molar-refractivity contribution in [1.82, 2.24) is 9.97 Å². The van der Waals surface area contributed by atoms with Crippen molar-refractivity contribution in [3.05, 3.63) is 53.3 Å². The minimum absolute atomic E-state index is 0.0156. The number of fused-ring (bicyclic) bond motifs is 1. The number of aromatic nitrogens is 2. The van der Waals surface area contributed by atoms with Gasteiger partial charge in [-0.05, 0) is 49.2 Å². The van der Waals surface area contributed by atoms with E-state index in [4.69, 9.17) is 22.3 Å². The normalized spacial score (nSPS) is 19.1. The SMILES string of the molecule is NC(=O)Nc1cccc(NC(=O)[C@H]2CCCC[C@@H]2c2nc3ccc(Cl)cc3[nH]2)c1. The highest BCUT2D eigenvalue weighted by atomic mass is 35.5. The van der Waals surface area contributed by atoms with Crippen molar-refractivity contribution in [2.45, 2.75) is 31.6 Å². The van der Waals surface area contributed by atoms with Crippen LogP contribution in [-0.4, -0.2) is 21.9 Å². The van der Waals surface area contributed by atoms with E-state index in [1.54, 1.807) is 24.3 Å². The summed E-state index contributed by atoms with van der Waals surface area (Å²) in [5.41, 5.74) is 8.03. The highest BCUT2D eigenvalue weighted by Gasteiger charge is 2.34. The van der Waals surface area contributed by atoms with Crippen molar-refractivity contribution >= 4 is 45.9 Å². The molecular formula is C21H22ClN5O2. The molecule has 8 heteroatoms. The number of carbonyl (C=O) groups is 2. The van der Waals surface area contributed by atoms with Crippen molar-refractivity contribution < 1.29 is 9.59 Å². The second kappa shape index (κ2) is 8.13. The number of primary amides is 1. The van der Waals surface area contributed by atoms with Gasteiger partial charge in [-0.25, -0.2) is 9.78 Å². The predicted molar refractivity (Wildman–Crippen MR) is 114 cm³/mol. The maximum Gasteiger partial charge on any atom is 0.316 e. The van der Waals surface area contributed by atoms with Crippen molar-refractivity contribution in [2.24, 2.45) is 11.7 Å². The molecule has 29 heavy (non-hydrogen) atoms. The van der Waals surface area contributed by atoms with Gasteiger partial charge in [-0.3, -0.25) is 4.79 Å². The summed E-state index contributed by atoms with van der Waals surface area (Å²) >= 11 is 6.08. The lowest BCUT2D eigenvalue weighted by molar-refractivity contribution is -0.121. The van der Waals surface area contributed by atoms with Gasteiger partial charge in [0.1, 0.15) is 5.82 Å². The van der Waals surface area contributed by atoms with Crippen LogP contribution in [-0.2, 0) is 4.79 Å². The zero-order valence-electron chi connectivity index (χ0n) is 15.7. The molecular weight excluding hydrogens is 390 g/mol. The first kappa shape index (κ1) is 19.3. The van der Waals surface area contributed by atoms with E-state index < -0.39 is 6.03 Å². The maximum atomic E-state index is 13.1. The predicted octanol–water partition coefficient (Wildman–Crippen LogP) is 4.62. The first-order valence-electron chi connectivity index (χ1n) is 9.62. The van der Waals surface area contributed by atoms with E-state index >= 15 is 0 Å². The Morgan fingerprint density at radius 3 is 2.62 bits per heavy atom. The number of nitrogens with zero attached hydrogens (tertiary/aromatic N) is 1. The zero-order valence-corrected chi connectivity index (χ0v) is 16.5. The van der Waals surface area contributed by atoms with Crippen LogP contribution in [0.25, 0.3) is 11.0 Å². The summed E-state index contributed by atoms with van der Waals surface area (Å²) in [5, 5.41) is 6.14. The second-order valence-electron chi connectivity index (χ2n) is 7.34. The first-order chi connectivity index (χ1) is 14.0. The molecule has 1 saturated carbocycles. The number of carbonyl (C=O) groups excluding carboxylic acids is 2. The molecule has 2 atom stereocenters. The Balaban J connectivity index is 1.55. The first-order valence-corrected chi connectivity index (χ1v) is 10.00. The summed E-state index contributed by atoms with van der Waals surface area (Å²) in [6.45, 7) is 0. The fraction of sp³-hybridized carbons (Fsp3) is 0.286. The molecule has 0 unspecified atom stereocenters. The lowest BCUT2D eigenvalue weighted by Crippen LogP contribution is -2.31. The van der Waals surface area contributed by atoms with E-state index in [9.17, 15) is 9.59 Å². The number of nitrogens with one attached hydrogen (secondary N) is 3. The number of anilines is 2. The molecule has 0 spiro atoms. The minimum Gasteiger partial charge on any atom is -0.351 e. The van der Waals surface area contributed by atoms with Crippen molar-refractivity contribution in [3.8, 4) is 0 Å². The molecule has 3 amide bonds. The van der Waals surface area contributed by atoms with Crippen LogP contribution in [0.4, 0.5) is 16.2 Å². The van der Waals surface area contributed by atoms with Gasteiger partial charge in [0.25, 0.3) is 0 Å². The largest absolute Gasteiger partial charge is 0.351 e. The number of aromatic amines is 1. The van der Waals surface area contributed by atoms with E-state index in [2.05, 4.69) is 15.6 Å². The van der Waals surface area contributed by atoms with Crippen LogP contribution in [0.15, 0.2) is 42.5 Å². The Bertz CT molecular complexity index is 1060. The molecule has 0 radical (unpaired) electrons. The fourth-order valence-electron chi connectivity index (χ4n) is 4.00. The molecule has 0 aliphatic heterocycles. The summed E-state index contributed by atoms with van der Waals surface area (Å²) in [6, 6.07) is 11.8. The summed E-state index contributed by atoms with van der Waals surface area (Å²) in [5.74, 6) is 0.602. The number of rotatable bonds is 4. The smallest absolute Gasteiger partial charge is 0.316 e. The molecule has 7 nitrogen and oxygen atoms in total. The van der Waals surface area contributed by atoms with Gasteiger partial charge in [-0.1, -0.05) is 30.5 Å². The average molecular weight is 412 g/mol. The lowest BCUT2D eigenvalue weighted by atomic mass is 9.78. The third kappa shape index (κ3) is 4.35. The maximum absolute atomic E-state index is 13.1. The minimum atomic E-state index is -0.647. The quantitative estimate of drug-likeness (QED) is 0.502. The van der Waals surface area contributed by atoms with Crippen LogP contribution in [0, 0.1) is 5.92 Å². The molecule has 5 N–H and O–H groups in total. The molecule has 1 aliphatic carbocycles. The van der Waals surface area contributed by atoms with Crippen LogP contribution in [0.3, 0.4) is 0 Å². The van der Waals surface area contributed by atoms with E-state index in [1.807, 2.05) is 18.2 Å². The van der Waals surface area contributed by atoms with Crippen LogP contribution in [0.5, 0.6) is 0 Å². The van der Waals surface area contributed by atoms with Crippen molar-refractivity contribution in [3.63, 3.8) is 0 Å². The topological polar surface area (TPSA) is 113 Å². The molecule has 1 aliphatic rings. The number of benzene rings is 2. The third-order valence-corrected chi connectivity index (χ3v) is 5.55. The average Bonchev–Trinajstić information content (AvgIpc) is 3.10. The number of amides is 3. The van der Waals surface area contributed by atoms with E-state index in [-0.39, 0.29) is 17.7 Å². The van der Waals surface area contributed by atoms with Crippen molar-refractivity contribution in [1.29, 1.82) is 0 Å². The monoisotopic (exact) mass is 411 g/mol. The van der Waals surface area contributed by atoms with E-state index in [1.165, 1.54) is 0 Å². The highest BCUT2D eigenvalue weighted by molar-refractivity contribution is 6.31. The molecule has 0 saturated heterocycles. The van der Waals surface area contributed by atoms with Crippen LogP contribution < -0.4 is 16.4 Å². The molecule has 150 valence electrons. The van der Waals surface area contributed by atoms with Crippen LogP contribution in [0.2, 0.25) is 5.02 Å². The number of urea groups is 1. The summed E-state index contributed by atoms with van der Waals surface area (Å²) in [7, 11) is 0. The summed E-state index contributed by atoms with van der Waals surface area (Å²) in [6.07, 6.45) is 3.76. The van der Waals surface area contributed by atoms with Crippen LogP contribution in [0.1, 0.15) is 37.4 Å². The van der Waals surface area contributed by atoms with E-state index in [0.717, 1.165) is 42.5 Å². The molecule has 1 fully saturated rings. The Morgan fingerprint density at radius 1 is 1.07 bits per heavy atom. The van der Waals surface area contributed by atoms with Gasteiger partial charge in [0.2, 0.25) is 5.91 Å². The van der Waals surface area contributed by atoms with Gasteiger partial charge in [-0.15, -0.1) is 0 Å². The van der Waals surface area contributed by atoms with Gasteiger partial charge < -0.3 is 21.4 Å². The zero-order chi connectivity index (χ0) is 20.4. The number of H-pyrrole nitrogens is 1. The van der Waals surface area contributed by atoms with Crippen molar-refractivity contribution in [2.75, 3.05) is 10.6 Å². The fourth-order valence-corrected chi connectivity index (χ4v) is 4.17. The van der Waals surface area contributed by atoms with Crippen LogP contribution >= 0.6 is 11.6 Å². The summed E-state index contributed by atoms with van der Waals surface area (Å²) < 4.78 is 0. The Hall–Kier alpha value is -3.06. The molecule has 2 aromatic carbocycles. The van der Waals surface area contributed by atoms with Gasteiger partial charge in [0, 0.05) is 28.2 Å². The third-order valence-electron chi connectivity index (χ3n) is 5.31. The Labute approximate surface area is 173 Å². The molecule has 0 bridgehead atoms. The molecule has 1 aromatic heterocycles. The summed E-state index contributed by atoms with van der Waals surface area (Å²) in [4.78, 5) is 32.2. The second-order valence-corrected chi connectivity index (χ2v) is 7.78. The Morgan fingerprint density at radius 2 is 1.83 bits per heavy atom. The lowest BCUT2D eigenvalue weighted by Gasteiger charge is -2.29. The number of imidazole rings is 1. The van der Waals surface area contributed by atoms with Gasteiger partial charge in [-0.2, -0.15) is 0 Å². The number of nitrogens with two attached hydrogens (primary N) is 1. The molecule has 1 heterocycles. The number of halogens is 1. The Kier molecular flexibility index (Phi) is 5.40. The molecule has 3 aromatic rings. The number of hydrogen-bond donors (Lipinski definition) is 4. The molecule has 4 rings (SSSR count). The van der Waals surface area contributed by atoms with Gasteiger partial charge in [0.05, 0.1) is 11.0 Å². The van der Waals surface area contributed by atoms with E-state index in [0.29, 0.717) is 16.4 Å². The van der Waals surface area contributed by atoms with Gasteiger partial charge >= 0.3 is 6.03 Å². The highest BCUT2D eigenvalue weighted by Crippen LogP contribution is 2.38.